The van der Waals surface area contributed by atoms with Crippen LogP contribution in [0, 0.1) is 0 Å². The number of likely N-dealkylation sites (tertiary alicyclic amines) is 1. The number of carbonyl (C=O) groups is 6. The molecule has 5 rings (SSSR count). The molecule has 0 unspecified atom stereocenters. The maximum atomic E-state index is 13.6. The summed E-state index contributed by atoms with van der Waals surface area (Å²) in [6, 6.07) is 8.78. The maximum Gasteiger partial charge on any atom is 0.409 e. The number of aromatic nitrogens is 2. The van der Waals surface area contributed by atoms with Crippen molar-refractivity contribution in [3.63, 3.8) is 0 Å². The van der Waals surface area contributed by atoms with Crippen molar-refractivity contribution in [3.8, 4) is 11.6 Å². The summed E-state index contributed by atoms with van der Waals surface area (Å²) in [4.78, 5) is 82.1. The zero-order valence-electron chi connectivity index (χ0n) is 28.5. The van der Waals surface area contributed by atoms with E-state index in [9.17, 15) is 28.8 Å². The minimum atomic E-state index is -1.10. The van der Waals surface area contributed by atoms with Crippen LogP contribution < -0.4 is 15.4 Å². The normalized spacial score (nSPS) is 18.1. The first kappa shape index (κ1) is 36.1. The number of piperazine rings is 1. The minimum Gasteiger partial charge on any atom is -0.469 e. The van der Waals surface area contributed by atoms with Crippen LogP contribution in [-0.4, -0.2) is 131 Å². The number of hydrogen-bond acceptors (Lipinski definition) is 10. The Morgan fingerprint density at radius 3 is 2.32 bits per heavy atom. The number of nitrogens with one attached hydrogen (secondary N) is 2. The molecule has 270 valence electrons. The third kappa shape index (κ3) is 8.90. The van der Waals surface area contributed by atoms with E-state index < -0.39 is 36.0 Å². The third-order valence-corrected chi connectivity index (χ3v) is 9.17. The van der Waals surface area contributed by atoms with E-state index in [4.69, 9.17) is 14.2 Å². The number of methoxy groups -OCH3 is 1. The van der Waals surface area contributed by atoms with Crippen LogP contribution >= 0.6 is 0 Å². The number of nitrogens with zero attached hydrogens (tertiary/aromatic N) is 5. The molecule has 1 aromatic carbocycles. The van der Waals surface area contributed by atoms with Crippen LogP contribution in [0.4, 0.5) is 4.79 Å². The summed E-state index contributed by atoms with van der Waals surface area (Å²) in [7, 11) is 1.24. The van der Waals surface area contributed by atoms with Gasteiger partial charge in [0, 0.05) is 51.3 Å². The molecular formula is C34H45N7O9. The van der Waals surface area contributed by atoms with Crippen LogP contribution in [0.5, 0.6) is 5.88 Å². The first-order valence-corrected chi connectivity index (χ1v) is 17.1. The fourth-order valence-corrected chi connectivity index (χ4v) is 6.14. The SMILES string of the molecule is CCOC(=O)N1CCN(C(=O)[C@H](CCC(=O)OC)NC(=O)c2cc(OCC(=O)N3CCC[C@H]3C(=O)NC3CCC3)n(-c3ccccc3)n2)CC1. The number of benzene rings is 1. The van der Waals surface area contributed by atoms with Gasteiger partial charge in [-0.25, -0.2) is 9.48 Å². The Kier molecular flexibility index (Phi) is 12.3. The predicted molar refractivity (Wildman–Crippen MR) is 177 cm³/mol. The molecule has 2 saturated heterocycles. The molecule has 1 saturated carbocycles. The molecule has 2 atom stereocenters. The summed E-state index contributed by atoms with van der Waals surface area (Å²) >= 11 is 0. The van der Waals surface area contributed by atoms with Crippen LogP contribution in [0.2, 0.25) is 0 Å². The van der Waals surface area contributed by atoms with Crippen molar-refractivity contribution in [2.45, 2.75) is 70.0 Å². The number of para-hydroxylation sites is 1. The Bertz CT molecular complexity index is 1540. The van der Waals surface area contributed by atoms with E-state index in [1.807, 2.05) is 6.07 Å². The van der Waals surface area contributed by atoms with Crippen molar-refractivity contribution in [3.05, 3.63) is 42.1 Å². The molecule has 1 aliphatic carbocycles. The first-order chi connectivity index (χ1) is 24.2. The largest absolute Gasteiger partial charge is 0.469 e. The molecule has 2 N–H and O–H groups in total. The number of rotatable bonds is 13. The second kappa shape index (κ2) is 17.0. The summed E-state index contributed by atoms with van der Waals surface area (Å²) in [6.45, 7) is 2.96. The van der Waals surface area contributed by atoms with E-state index in [-0.39, 0.29) is 81.7 Å². The molecule has 3 aliphatic rings. The van der Waals surface area contributed by atoms with Crippen molar-refractivity contribution >= 4 is 35.7 Å². The van der Waals surface area contributed by atoms with E-state index in [0.717, 1.165) is 19.3 Å². The van der Waals surface area contributed by atoms with Crippen molar-refractivity contribution < 1.29 is 43.0 Å². The molecule has 16 nitrogen and oxygen atoms in total. The quantitative estimate of drug-likeness (QED) is 0.290. The Balaban J connectivity index is 1.28. The summed E-state index contributed by atoms with van der Waals surface area (Å²) in [5, 5.41) is 10.2. The maximum absolute atomic E-state index is 13.6. The summed E-state index contributed by atoms with van der Waals surface area (Å²) in [5.74, 6) is -2.06. The van der Waals surface area contributed by atoms with Crippen molar-refractivity contribution in [2.75, 3.05) is 53.0 Å². The van der Waals surface area contributed by atoms with Gasteiger partial charge in [0.05, 0.1) is 19.4 Å². The molecule has 0 bridgehead atoms. The Hall–Kier alpha value is -5.15. The van der Waals surface area contributed by atoms with E-state index in [2.05, 4.69) is 15.7 Å². The second-order valence-electron chi connectivity index (χ2n) is 12.4. The first-order valence-electron chi connectivity index (χ1n) is 17.1. The van der Waals surface area contributed by atoms with Crippen LogP contribution in [-0.2, 0) is 28.7 Å². The Labute approximate surface area is 290 Å². The standard InChI is InChI=1S/C34H45N7O9/c1-3-49-34(47)39-19-17-38(18-20-39)33(46)25(14-15-30(43)48-2)36-31(44)26-21-29(41(37-26)24-11-5-4-6-12-24)50-22-28(42)40-16-8-13-27(40)32(45)35-23-9-7-10-23/h4-6,11-12,21,23,25,27H,3,7-10,13-20,22H2,1-2H3,(H,35,45)(H,36,44)/t25-,27-/m0/s1. The van der Waals surface area contributed by atoms with Gasteiger partial charge in [0.25, 0.3) is 11.8 Å². The monoisotopic (exact) mass is 695 g/mol. The van der Waals surface area contributed by atoms with Gasteiger partial charge in [-0.1, -0.05) is 18.2 Å². The van der Waals surface area contributed by atoms with Gasteiger partial charge in [0.1, 0.15) is 12.1 Å². The van der Waals surface area contributed by atoms with Crippen LogP contribution in [0.3, 0.4) is 0 Å². The lowest BCUT2D eigenvalue weighted by Gasteiger charge is -2.35. The topological polar surface area (TPSA) is 182 Å². The van der Waals surface area contributed by atoms with E-state index >= 15 is 0 Å². The van der Waals surface area contributed by atoms with Crippen molar-refractivity contribution in [1.82, 2.24) is 35.1 Å². The van der Waals surface area contributed by atoms with Gasteiger partial charge in [-0.2, -0.15) is 5.10 Å². The highest BCUT2D eigenvalue weighted by Crippen LogP contribution is 2.24. The molecule has 50 heavy (non-hydrogen) atoms. The zero-order chi connectivity index (χ0) is 35.6. The summed E-state index contributed by atoms with van der Waals surface area (Å²) < 4.78 is 17.1. The highest BCUT2D eigenvalue weighted by atomic mass is 16.6. The fourth-order valence-electron chi connectivity index (χ4n) is 6.14. The van der Waals surface area contributed by atoms with Gasteiger partial charge in [0.2, 0.25) is 17.7 Å². The van der Waals surface area contributed by atoms with Crippen molar-refractivity contribution in [1.29, 1.82) is 0 Å². The fraction of sp³-hybridized carbons (Fsp3) is 0.559. The summed E-state index contributed by atoms with van der Waals surface area (Å²) in [5.41, 5.74) is 0.476. The molecular weight excluding hydrogens is 650 g/mol. The van der Waals surface area contributed by atoms with Gasteiger partial charge in [-0.15, -0.1) is 0 Å². The van der Waals surface area contributed by atoms with Gasteiger partial charge in [0.15, 0.2) is 12.3 Å². The molecule has 2 aromatic rings. The molecule has 0 radical (unpaired) electrons. The molecule has 16 heteroatoms. The number of carbonyl (C=O) groups excluding carboxylic acids is 6. The Morgan fingerprint density at radius 2 is 1.66 bits per heavy atom. The highest BCUT2D eigenvalue weighted by molar-refractivity contribution is 5.96. The lowest BCUT2D eigenvalue weighted by Crippen LogP contribution is -2.56. The molecule has 5 amide bonds. The number of ether oxygens (including phenoxy) is 3. The molecule has 3 heterocycles. The average Bonchev–Trinajstić information content (AvgIpc) is 3.79. The smallest absolute Gasteiger partial charge is 0.409 e. The lowest BCUT2D eigenvalue weighted by molar-refractivity contribution is -0.141. The predicted octanol–water partition coefficient (Wildman–Crippen LogP) is 1.26. The lowest BCUT2D eigenvalue weighted by atomic mass is 9.93. The van der Waals surface area contributed by atoms with Crippen molar-refractivity contribution in [2.24, 2.45) is 0 Å². The van der Waals surface area contributed by atoms with Crippen LogP contribution in [0.15, 0.2) is 36.4 Å². The van der Waals surface area contributed by atoms with Gasteiger partial charge >= 0.3 is 12.1 Å². The number of hydrogen-bond donors (Lipinski definition) is 2. The van der Waals surface area contributed by atoms with E-state index in [0.29, 0.717) is 25.1 Å². The number of amides is 5. The molecule has 0 spiro atoms. The molecule has 3 fully saturated rings. The highest BCUT2D eigenvalue weighted by Gasteiger charge is 2.36. The third-order valence-electron chi connectivity index (χ3n) is 9.17. The molecule has 1 aromatic heterocycles. The molecule has 2 aliphatic heterocycles. The van der Waals surface area contributed by atoms with Gasteiger partial charge < -0.3 is 39.5 Å². The minimum absolute atomic E-state index is 0.0298. The van der Waals surface area contributed by atoms with E-state index in [1.165, 1.54) is 32.6 Å². The van der Waals surface area contributed by atoms with Gasteiger partial charge in [-0.05, 0) is 57.6 Å². The van der Waals surface area contributed by atoms with E-state index in [1.54, 1.807) is 31.2 Å². The Morgan fingerprint density at radius 1 is 0.940 bits per heavy atom. The zero-order valence-corrected chi connectivity index (χ0v) is 28.5. The second-order valence-corrected chi connectivity index (χ2v) is 12.4. The van der Waals surface area contributed by atoms with Crippen LogP contribution in [0.1, 0.15) is 62.4 Å². The summed E-state index contributed by atoms with van der Waals surface area (Å²) in [6.07, 6.45) is 3.65. The van der Waals surface area contributed by atoms with Gasteiger partial charge in [-0.3, -0.25) is 24.0 Å². The number of esters is 1. The van der Waals surface area contributed by atoms with Crippen LogP contribution in [0.25, 0.3) is 5.69 Å². The average molecular weight is 696 g/mol.